The third-order valence-corrected chi connectivity index (χ3v) is 7.91. The summed E-state index contributed by atoms with van der Waals surface area (Å²) >= 11 is 0.824. The maximum absolute atomic E-state index is 15.8. The molecule has 0 aliphatic heterocycles. The highest BCUT2D eigenvalue weighted by atomic mass is 32.2. The van der Waals surface area contributed by atoms with Gasteiger partial charge in [-0.3, -0.25) is 4.72 Å². The second kappa shape index (κ2) is 10.8. The van der Waals surface area contributed by atoms with Gasteiger partial charge in [0.1, 0.15) is 24.0 Å². The summed E-state index contributed by atoms with van der Waals surface area (Å²) in [5, 5.41) is -0.104. The first-order chi connectivity index (χ1) is 18.3. The fraction of sp³-hybridized carbons (Fsp3) is 0.208. The number of hydrogen-bond acceptors (Lipinski definition) is 7. The molecule has 2 aromatic heterocycles. The van der Waals surface area contributed by atoms with E-state index in [0.717, 1.165) is 40.5 Å². The quantitative estimate of drug-likeness (QED) is 0.253. The zero-order chi connectivity index (χ0) is 28.5. The van der Waals surface area contributed by atoms with Crippen LogP contribution < -0.4 is 9.62 Å². The van der Waals surface area contributed by atoms with Crippen LogP contribution in [0.3, 0.4) is 0 Å². The Balaban J connectivity index is 1.84. The number of aromatic nitrogens is 3. The van der Waals surface area contributed by atoms with Gasteiger partial charge in [-0.25, -0.2) is 36.5 Å². The van der Waals surface area contributed by atoms with E-state index in [4.69, 9.17) is 0 Å². The number of alkyl halides is 3. The minimum atomic E-state index is -4.91. The van der Waals surface area contributed by atoms with E-state index in [2.05, 4.69) is 15.0 Å². The fourth-order valence-corrected chi connectivity index (χ4v) is 5.80. The van der Waals surface area contributed by atoms with Crippen LogP contribution in [0.4, 0.5) is 37.2 Å². The van der Waals surface area contributed by atoms with Crippen LogP contribution in [0.15, 0.2) is 53.6 Å². The molecule has 4 aromatic rings. The van der Waals surface area contributed by atoms with Gasteiger partial charge in [-0.2, -0.15) is 13.2 Å². The number of rotatable bonds is 8. The van der Waals surface area contributed by atoms with Gasteiger partial charge >= 0.3 is 6.18 Å². The second-order valence-corrected chi connectivity index (χ2v) is 10.8. The Morgan fingerprint density at radius 2 is 1.67 bits per heavy atom. The summed E-state index contributed by atoms with van der Waals surface area (Å²) < 4.78 is 110. The molecule has 0 radical (unpaired) electrons. The number of thiazole rings is 1. The average molecular weight is 588 g/mol. The molecule has 2 heterocycles. The van der Waals surface area contributed by atoms with Crippen molar-refractivity contribution in [3.05, 3.63) is 71.9 Å². The minimum absolute atomic E-state index is 0.104. The third kappa shape index (κ3) is 6.14. The molecule has 0 aliphatic carbocycles. The fourth-order valence-electron chi connectivity index (χ4n) is 3.59. The zero-order valence-electron chi connectivity index (χ0n) is 20.2. The van der Waals surface area contributed by atoms with Gasteiger partial charge in [-0.1, -0.05) is 30.4 Å². The van der Waals surface area contributed by atoms with Crippen molar-refractivity contribution >= 4 is 32.2 Å². The molecule has 0 unspecified atom stereocenters. The topological polar surface area (TPSA) is 88.1 Å². The van der Waals surface area contributed by atoms with Gasteiger partial charge in [0.15, 0.2) is 15.8 Å². The molecule has 2 aromatic carbocycles. The van der Waals surface area contributed by atoms with Crippen molar-refractivity contribution < 1.29 is 34.8 Å². The Morgan fingerprint density at radius 1 is 1.00 bits per heavy atom. The highest BCUT2D eigenvalue weighted by Crippen LogP contribution is 2.42. The predicted molar refractivity (Wildman–Crippen MR) is 134 cm³/mol. The molecule has 4 rings (SSSR count). The van der Waals surface area contributed by atoms with Crippen molar-refractivity contribution in [1.29, 1.82) is 0 Å². The van der Waals surface area contributed by atoms with E-state index in [0.29, 0.717) is 12.2 Å². The molecule has 0 atom stereocenters. The highest BCUT2D eigenvalue weighted by Gasteiger charge is 2.32. The molecule has 0 spiro atoms. The van der Waals surface area contributed by atoms with Crippen molar-refractivity contribution in [3.8, 4) is 21.8 Å². The molecule has 0 saturated carbocycles. The normalized spacial score (nSPS) is 12.0. The molecule has 206 valence electrons. The SMILES string of the molecule is CCc1nccc(-c2sc(N(C)CC(F)(F)F)nc2-c2cccc(NS(=O)(=O)c3c(F)cccc3F)c2F)n1. The lowest BCUT2D eigenvalue weighted by Gasteiger charge is -2.17. The molecule has 15 heteroatoms. The number of aryl methyl sites for hydroxylation is 1. The van der Waals surface area contributed by atoms with Crippen LogP contribution in [0.1, 0.15) is 12.7 Å². The van der Waals surface area contributed by atoms with Crippen LogP contribution in [0.5, 0.6) is 0 Å². The first-order valence-corrected chi connectivity index (χ1v) is 13.5. The average Bonchev–Trinajstić information content (AvgIpc) is 3.29. The lowest BCUT2D eigenvalue weighted by Crippen LogP contribution is -2.30. The summed E-state index contributed by atoms with van der Waals surface area (Å²) in [5.41, 5.74) is -0.782. The molecule has 0 aliphatic rings. The Kier molecular flexibility index (Phi) is 7.84. The maximum Gasteiger partial charge on any atom is 0.405 e. The monoisotopic (exact) mass is 587 g/mol. The van der Waals surface area contributed by atoms with Crippen molar-refractivity contribution in [2.24, 2.45) is 0 Å². The first kappa shape index (κ1) is 28.3. The van der Waals surface area contributed by atoms with E-state index < -0.39 is 50.8 Å². The third-order valence-electron chi connectivity index (χ3n) is 5.30. The number of nitrogens with one attached hydrogen (secondary N) is 1. The van der Waals surface area contributed by atoms with Crippen LogP contribution in [0.25, 0.3) is 21.8 Å². The molecule has 0 bridgehead atoms. The van der Waals surface area contributed by atoms with Gasteiger partial charge in [-0.05, 0) is 30.3 Å². The molecule has 1 N–H and O–H groups in total. The summed E-state index contributed by atoms with van der Waals surface area (Å²) in [6, 6.07) is 7.44. The van der Waals surface area contributed by atoms with E-state index in [1.54, 1.807) is 6.92 Å². The first-order valence-electron chi connectivity index (χ1n) is 11.2. The number of halogens is 6. The van der Waals surface area contributed by atoms with Gasteiger partial charge in [-0.15, -0.1) is 0 Å². The van der Waals surface area contributed by atoms with Gasteiger partial charge in [0.2, 0.25) is 0 Å². The van der Waals surface area contributed by atoms with Crippen LogP contribution in [0, 0.1) is 17.5 Å². The number of hydrogen-bond donors (Lipinski definition) is 1. The van der Waals surface area contributed by atoms with E-state index in [1.165, 1.54) is 31.4 Å². The van der Waals surface area contributed by atoms with Crippen LogP contribution in [0.2, 0.25) is 0 Å². The molecular formula is C24H19F6N5O2S2. The number of nitrogens with zero attached hydrogens (tertiary/aromatic N) is 4. The Bertz CT molecular complexity index is 1610. The van der Waals surface area contributed by atoms with Gasteiger partial charge < -0.3 is 4.90 Å². The highest BCUT2D eigenvalue weighted by molar-refractivity contribution is 7.92. The smallest absolute Gasteiger partial charge is 0.342 e. The Labute approximate surface area is 223 Å². The van der Waals surface area contributed by atoms with E-state index in [9.17, 15) is 30.4 Å². The minimum Gasteiger partial charge on any atom is -0.342 e. The summed E-state index contributed by atoms with van der Waals surface area (Å²) in [4.78, 5) is 12.4. The number of anilines is 2. The zero-order valence-corrected chi connectivity index (χ0v) is 21.9. The molecule has 0 fully saturated rings. The molecule has 7 nitrogen and oxygen atoms in total. The van der Waals surface area contributed by atoms with Crippen molar-refractivity contribution in [2.75, 3.05) is 23.2 Å². The van der Waals surface area contributed by atoms with E-state index in [1.807, 2.05) is 4.72 Å². The van der Waals surface area contributed by atoms with Gasteiger partial charge in [0.25, 0.3) is 10.0 Å². The van der Waals surface area contributed by atoms with Gasteiger partial charge in [0, 0.05) is 25.2 Å². The Hall–Kier alpha value is -3.72. The maximum atomic E-state index is 15.8. The number of benzene rings is 2. The molecular weight excluding hydrogens is 568 g/mol. The van der Waals surface area contributed by atoms with Crippen LogP contribution in [-0.2, 0) is 16.4 Å². The van der Waals surface area contributed by atoms with E-state index >= 15 is 4.39 Å². The standard InChI is InChI=1S/C24H19F6N5O2S2/c1-3-18-31-11-10-17(32-18)21-20(33-23(38-21)35(2)12-24(28,29)30)13-6-4-9-16(19(13)27)34-39(36,37)22-14(25)7-5-8-15(22)26/h4-11,34H,3,12H2,1-2H3. The van der Waals surface area contributed by atoms with Gasteiger partial charge in [0.05, 0.1) is 22.0 Å². The summed E-state index contributed by atoms with van der Waals surface area (Å²) in [6.07, 6.45) is -2.66. The lowest BCUT2D eigenvalue weighted by molar-refractivity contribution is -0.119. The van der Waals surface area contributed by atoms with Crippen LogP contribution in [-0.4, -0.2) is 43.1 Å². The summed E-state index contributed by atoms with van der Waals surface area (Å²) in [7, 11) is -3.74. The second-order valence-electron chi connectivity index (χ2n) is 8.18. The van der Waals surface area contributed by atoms with Crippen molar-refractivity contribution in [3.63, 3.8) is 0 Å². The number of sulfonamides is 1. The predicted octanol–water partition coefficient (Wildman–Crippen LogP) is 6.05. The van der Waals surface area contributed by atoms with E-state index in [-0.39, 0.29) is 27.0 Å². The Morgan fingerprint density at radius 3 is 2.31 bits per heavy atom. The summed E-state index contributed by atoms with van der Waals surface area (Å²) in [5.74, 6) is -3.51. The molecule has 39 heavy (non-hydrogen) atoms. The lowest BCUT2D eigenvalue weighted by atomic mass is 10.1. The molecule has 0 saturated heterocycles. The largest absolute Gasteiger partial charge is 0.405 e. The van der Waals surface area contributed by atoms with Crippen molar-refractivity contribution in [2.45, 2.75) is 24.4 Å². The summed E-state index contributed by atoms with van der Waals surface area (Å²) in [6.45, 7) is 0.461. The van der Waals surface area contributed by atoms with Crippen LogP contribution >= 0.6 is 11.3 Å². The van der Waals surface area contributed by atoms with Crippen molar-refractivity contribution in [1.82, 2.24) is 15.0 Å². The molecule has 0 amide bonds.